The molecule has 3 rings (SSSR count). The highest BCUT2D eigenvalue weighted by Crippen LogP contribution is 2.20. The van der Waals surface area contributed by atoms with Crippen molar-refractivity contribution >= 4 is 23.3 Å². The highest BCUT2D eigenvalue weighted by atomic mass is 16.5. The lowest BCUT2D eigenvalue weighted by Crippen LogP contribution is -2.38. The average molecular weight is 354 g/mol. The predicted octanol–water partition coefficient (Wildman–Crippen LogP) is 1.94. The summed E-state index contributed by atoms with van der Waals surface area (Å²) in [5, 5.41) is 0. The van der Waals surface area contributed by atoms with Crippen LogP contribution in [0.2, 0.25) is 0 Å². The van der Waals surface area contributed by atoms with Gasteiger partial charge in [-0.3, -0.25) is 13.9 Å². The zero-order valence-electron chi connectivity index (χ0n) is 15.6. The zero-order chi connectivity index (χ0) is 19.0. The monoisotopic (exact) mass is 354 g/mol. The number of hydrogen-bond donors (Lipinski definition) is 0. The molecule has 0 aliphatic carbocycles. The van der Waals surface area contributed by atoms with Crippen molar-refractivity contribution < 1.29 is 4.74 Å². The molecule has 0 spiro atoms. The van der Waals surface area contributed by atoms with Crippen molar-refractivity contribution in [2.75, 3.05) is 7.11 Å². The molecule has 136 valence electrons. The first-order chi connectivity index (χ1) is 12.4. The van der Waals surface area contributed by atoms with Gasteiger partial charge in [-0.1, -0.05) is 18.2 Å². The van der Waals surface area contributed by atoms with Gasteiger partial charge in [0.05, 0.1) is 7.11 Å². The summed E-state index contributed by atoms with van der Waals surface area (Å²) >= 11 is 0. The number of methoxy groups -OCH3 is 1. The minimum absolute atomic E-state index is 0.346. The number of benzene rings is 1. The van der Waals surface area contributed by atoms with E-state index in [1.165, 1.54) is 11.6 Å². The molecule has 3 aromatic rings. The fourth-order valence-corrected chi connectivity index (χ4v) is 2.99. The number of aryl methyl sites for hydroxylation is 3. The molecule has 0 aliphatic heterocycles. The summed E-state index contributed by atoms with van der Waals surface area (Å²) in [6.45, 7) is 4.28. The molecule has 7 nitrogen and oxygen atoms in total. The van der Waals surface area contributed by atoms with Crippen LogP contribution in [0.4, 0.5) is 0 Å². The van der Waals surface area contributed by atoms with E-state index >= 15 is 0 Å². The van der Waals surface area contributed by atoms with Gasteiger partial charge >= 0.3 is 5.69 Å². The topological polar surface area (TPSA) is 71.1 Å². The van der Waals surface area contributed by atoms with Crippen LogP contribution in [0.25, 0.3) is 23.3 Å². The SMILES string of the molecule is CCn1c(=O)n(C)c(=O)c2c1nc(/C=C/c1ccc(C)c(OC)c1)n2C. The molecule has 0 N–H and O–H groups in total. The van der Waals surface area contributed by atoms with Crippen molar-refractivity contribution in [3.05, 3.63) is 56.0 Å². The standard InChI is InChI=1S/C19H22N4O3/c1-6-23-17-16(18(24)22(4)19(23)25)21(3)15(20-17)10-9-13-8-7-12(2)14(11-13)26-5/h7-11H,6H2,1-5H3/b10-9+. The van der Waals surface area contributed by atoms with E-state index < -0.39 is 0 Å². The van der Waals surface area contributed by atoms with E-state index in [1.807, 2.05) is 44.2 Å². The van der Waals surface area contributed by atoms with Crippen molar-refractivity contribution in [2.45, 2.75) is 20.4 Å². The molecule has 0 aliphatic rings. The van der Waals surface area contributed by atoms with E-state index in [1.54, 1.807) is 18.7 Å². The lowest BCUT2D eigenvalue weighted by atomic mass is 10.1. The third-order valence-corrected chi connectivity index (χ3v) is 4.57. The quantitative estimate of drug-likeness (QED) is 0.718. The molecule has 0 saturated heterocycles. The molecular formula is C19H22N4O3. The maximum Gasteiger partial charge on any atom is 0.332 e. The fraction of sp³-hybridized carbons (Fsp3) is 0.316. The molecular weight excluding hydrogens is 332 g/mol. The van der Waals surface area contributed by atoms with Gasteiger partial charge in [-0.05, 0) is 37.1 Å². The minimum Gasteiger partial charge on any atom is -0.496 e. The van der Waals surface area contributed by atoms with E-state index in [0.29, 0.717) is 23.5 Å². The van der Waals surface area contributed by atoms with Crippen molar-refractivity contribution in [2.24, 2.45) is 14.1 Å². The largest absolute Gasteiger partial charge is 0.496 e. The summed E-state index contributed by atoms with van der Waals surface area (Å²) in [6, 6.07) is 5.91. The maximum absolute atomic E-state index is 12.5. The molecule has 0 atom stereocenters. The van der Waals surface area contributed by atoms with Crippen LogP contribution in [0.3, 0.4) is 0 Å². The zero-order valence-corrected chi connectivity index (χ0v) is 15.6. The summed E-state index contributed by atoms with van der Waals surface area (Å²) < 4.78 is 9.68. The molecule has 26 heavy (non-hydrogen) atoms. The Morgan fingerprint density at radius 3 is 2.54 bits per heavy atom. The van der Waals surface area contributed by atoms with Crippen LogP contribution in [-0.4, -0.2) is 25.8 Å². The lowest BCUT2D eigenvalue weighted by Gasteiger charge is -2.05. The second kappa shape index (κ2) is 6.67. The van der Waals surface area contributed by atoms with Crippen LogP contribution >= 0.6 is 0 Å². The average Bonchev–Trinajstić information content (AvgIpc) is 2.96. The van der Waals surface area contributed by atoms with Crippen LogP contribution < -0.4 is 16.0 Å². The Morgan fingerprint density at radius 1 is 1.15 bits per heavy atom. The lowest BCUT2D eigenvalue weighted by molar-refractivity contribution is 0.411. The van der Waals surface area contributed by atoms with Crippen molar-refractivity contribution in [3.63, 3.8) is 0 Å². The fourth-order valence-electron chi connectivity index (χ4n) is 2.99. The van der Waals surface area contributed by atoms with Gasteiger partial charge in [0.1, 0.15) is 11.6 Å². The normalized spacial score (nSPS) is 11.6. The summed E-state index contributed by atoms with van der Waals surface area (Å²) in [6.07, 6.45) is 3.73. The van der Waals surface area contributed by atoms with Gasteiger partial charge in [-0.25, -0.2) is 9.78 Å². The van der Waals surface area contributed by atoms with E-state index in [-0.39, 0.29) is 11.2 Å². The maximum atomic E-state index is 12.5. The first-order valence-corrected chi connectivity index (χ1v) is 8.38. The van der Waals surface area contributed by atoms with Crippen LogP contribution in [-0.2, 0) is 20.6 Å². The van der Waals surface area contributed by atoms with Crippen LogP contribution in [0.15, 0.2) is 27.8 Å². The summed E-state index contributed by atoms with van der Waals surface area (Å²) in [5.41, 5.74) is 2.13. The van der Waals surface area contributed by atoms with Gasteiger partial charge in [-0.2, -0.15) is 0 Å². The number of ether oxygens (including phenoxy) is 1. The molecule has 2 aromatic heterocycles. The van der Waals surface area contributed by atoms with Crippen molar-refractivity contribution in [1.29, 1.82) is 0 Å². The number of rotatable bonds is 4. The van der Waals surface area contributed by atoms with Crippen molar-refractivity contribution in [3.8, 4) is 5.75 Å². The Balaban J connectivity index is 2.15. The van der Waals surface area contributed by atoms with E-state index in [2.05, 4.69) is 4.98 Å². The number of fused-ring (bicyclic) bond motifs is 1. The highest BCUT2D eigenvalue weighted by Gasteiger charge is 2.16. The predicted molar refractivity (Wildman–Crippen MR) is 103 cm³/mol. The van der Waals surface area contributed by atoms with Crippen LogP contribution in [0, 0.1) is 6.92 Å². The molecule has 0 unspecified atom stereocenters. The Kier molecular flexibility index (Phi) is 4.54. The van der Waals surface area contributed by atoms with Crippen LogP contribution in [0.5, 0.6) is 5.75 Å². The Labute approximate surface area is 150 Å². The number of hydrogen-bond acceptors (Lipinski definition) is 4. The minimum atomic E-state index is -0.359. The molecule has 0 bridgehead atoms. The Morgan fingerprint density at radius 2 is 1.88 bits per heavy atom. The summed E-state index contributed by atoms with van der Waals surface area (Å²) in [5.74, 6) is 1.41. The van der Waals surface area contributed by atoms with Gasteiger partial charge in [0.15, 0.2) is 11.2 Å². The van der Waals surface area contributed by atoms with E-state index in [9.17, 15) is 9.59 Å². The van der Waals surface area contributed by atoms with Gasteiger partial charge < -0.3 is 9.30 Å². The van der Waals surface area contributed by atoms with E-state index in [4.69, 9.17) is 4.74 Å². The van der Waals surface area contributed by atoms with Gasteiger partial charge in [0, 0.05) is 20.6 Å². The second-order valence-electron chi connectivity index (χ2n) is 6.15. The van der Waals surface area contributed by atoms with Gasteiger partial charge in [-0.15, -0.1) is 0 Å². The second-order valence-corrected chi connectivity index (χ2v) is 6.15. The number of imidazole rings is 1. The highest BCUT2D eigenvalue weighted by molar-refractivity contribution is 5.76. The first kappa shape index (κ1) is 17.7. The summed E-state index contributed by atoms with van der Waals surface area (Å²) in [4.78, 5) is 29.3. The van der Waals surface area contributed by atoms with E-state index in [0.717, 1.165) is 21.4 Å². The molecule has 0 saturated carbocycles. The molecule has 1 aromatic carbocycles. The molecule has 2 heterocycles. The molecule has 0 radical (unpaired) electrons. The first-order valence-electron chi connectivity index (χ1n) is 8.38. The van der Waals surface area contributed by atoms with Gasteiger partial charge in [0.2, 0.25) is 0 Å². The molecule has 7 heteroatoms. The number of nitrogens with zero attached hydrogens (tertiary/aromatic N) is 4. The van der Waals surface area contributed by atoms with Crippen molar-refractivity contribution in [1.82, 2.24) is 18.7 Å². The van der Waals surface area contributed by atoms with Crippen LogP contribution in [0.1, 0.15) is 23.9 Å². The third kappa shape index (κ3) is 2.75. The number of aromatic nitrogens is 4. The molecule has 0 fully saturated rings. The molecule has 0 amide bonds. The van der Waals surface area contributed by atoms with Gasteiger partial charge in [0.25, 0.3) is 5.56 Å². The Hall–Kier alpha value is -3.09. The third-order valence-electron chi connectivity index (χ3n) is 4.57. The summed E-state index contributed by atoms with van der Waals surface area (Å²) in [7, 11) is 4.90. The smallest absolute Gasteiger partial charge is 0.332 e. The Bertz CT molecular complexity index is 1130.